The van der Waals surface area contributed by atoms with Crippen molar-refractivity contribution >= 4 is 22.6 Å². The molecule has 0 atom stereocenters. The summed E-state index contributed by atoms with van der Waals surface area (Å²) < 4.78 is 22.8. The Hall–Kier alpha value is -3.15. The van der Waals surface area contributed by atoms with Gasteiger partial charge in [-0.1, -0.05) is 17.7 Å². The molecule has 0 fully saturated rings. The van der Waals surface area contributed by atoms with E-state index >= 15 is 0 Å². The van der Waals surface area contributed by atoms with Crippen molar-refractivity contribution < 1.29 is 18.6 Å². The van der Waals surface area contributed by atoms with Crippen molar-refractivity contribution in [3.63, 3.8) is 0 Å². The second-order valence-corrected chi connectivity index (χ2v) is 8.66. The Labute approximate surface area is 198 Å². The van der Waals surface area contributed by atoms with Crippen molar-refractivity contribution in [3.05, 3.63) is 76.3 Å². The molecule has 0 N–H and O–H groups in total. The largest absolute Gasteiger partial charge is 0.493 e. The number of methoxy groups -OCH3 is 3. The third-order valence-corrected chi connectivity index (χ3v) is 6.53. The van der Waals surface area contributed by atoms with Gasteiger partial charge in [0.1, 0.15) is 5.76 Å². The van der Waals surface area contributed by atoms with Gasteiger partial charge in [-0.05, 0) is 71.6 Å². The molecule has 0 saturated heterocycles. The van der Waals surface area contributed by atoms with Crippen LogP contribution in [0.15, 0.2) is 59.0 Å². The third kappa shape index (κ3) is 4.14. The summed E-state index contributed by atoms with van der Waals surface area (Å²) in [4.78, 5) is 2.45. The third-order valence-electron chi connectivity index (χ3n) is 6.28. The average Bonchev–Trinajstić information content (AvgIpc) is 3.29. The number of halogens is 1. The predicted molar refractivity (Wildman–Crippen MR) is 131 cm³/mol. The van der Waals surface area contributed by atoms with Gasteiger partial charge in [0.05, 0.1) is 21.3 Å². The van der Waals surface area contributed by atoms with Crippen molar-refractivity contribution in [3.8, 4) is 28.6 Å². The van der Waals surface area contributed by atoms with Gasteiger partial charge >= 0.3 is 0 Å². The highest BCUT2D eigenvalue weighted by atomic mass is 35.5. The number of hydrogen-bond donors (Lipinski definition) is 0. The van der Waals surface area contributed by atoms with Crippen LogP contribution >= 0.6 is 11.6 Å². The van der Waals surface area contributed by atoms with Crippen LogP contribution in [-0.2, 0) is 19.5 Å². The minimum absolute atomic E-state index is 0.702. The highest BCUT2D eigenvalue weighted by Gasteiger charge is 2.21. The molecule has 0 aliphatic carbocycles. The first-order valence-electron chi connectivity index (χ1n) is 10.9. The van der Waals surface area contributed by atoms with Crippen LogP contribution in [0.1, 0.15) is 16.7 Å². The lowest BCUT2D eigenvalue weighted by Gasteiger charge is -2.29. The average molecular weight is 464 g/mol. The SMILES string of the molecule is COc1cc2c(cc1OC)CN(Cc1ccc(OC)c3oc(-c4ccc(Cl)cc4)cc13)CC2. The maximum atomic E-state index is 6.24. The summed E-state index contributed by atoms with van der Waals surface area (Å²) >= 11 is 6.06. The molecule has 170 valence electrons. The minimum atomic E-state index is 0.702. The van der Waals surface area contributed by atoms with E-state index in [1.54, 1.807) is 21.3 Å². The van der Waals surface area contributed by atoms with Crippen molar-refractivity contribution in [1.82, 2.24) is 4.90 Å². The van der Waals surface area contributed by atoms with E-state index in [1.165, 1.54) is 16.7 Å². The standard InChI is InChI=1S/C27H26ClNO4/c1-30-23-9-6-19(22-14-24(33-27(22)23)17-4-7-21(28)8-5-17)15-29-11-10-18-12-25(31-2)26(32-3)13-20(18)16-29/h4-9,12-14H,10-11,15-16H2,1-3H3. The van der Waals surface area contributed by atoms with Crippen molar-refractivity contribution in [2.75, 3.05) is 27.9 Å². The van der Waals surface area contributed by atoms with E-state index in [-0.39, 0.29) is 0 Å². The van der Waals surface area contributed by atoms with Crippen molar-refractivity contribution in [1.29, 1.82) is 0 Å². The maximum absolute atomic E-state index is 6.24. The van der Waals surface area contributed by atoms with Gasteiger partial charge in [-0.2, -0.15) is 0 Å². The normalized spacial score (nSPS) is 13.7. The van der Waals surface area contributed by atoms with Gasteiger partial charge in [-0.25, -0.2) is 0 Å². The van der Waals surface area contributed by atoms with E-state index in [0.29, 0.717) is 5.02 Å². The molecule has 5 rings (SSSR count). The number of nitrogens with zero attached hydrogens (tertiary/aromatic N) is 1. The molecule has 0 radical (unpaired) electrons. The van der Waals surface area contributed by atoms with Crippen LogP contribution < -0.4 is 14.2 Å². The van der Waals surface area contributed by atoms with Gasteiger partial charge in [-0.15, -0.1) is 0 Å². The second kappa shape index (κ2) is 9.00. The molecule has 5 nitrogen and oxygen atoms in total. The molecule has 1 aromatic heterocycles. The quantitative estimate of drug-likeness (QED) is 0.334. The Kier molecular flexibility index (Phi) is 5.92. The first-order chi connectivity index (χ1) is 16.1. The molecule has 0 unspecified atom stereocenters. The summed E-state index contributed by atoms with van der Waals surface area (Å²) in [5.74, 6) is 3.09. The predicted octanol–water partition coefficient (Wildman–Crippen LogP) is 6.34. The minimum Gasteiger partial charge on any atom is -0.493 e. The Morgan fingerprint density at radius 2 is 1.55 bits per heavy atom. The van der Waals surface area contributed by atoms with Crippen LogP contribution in [0, 0.1) is 0 Å². The molecule has 33 heavy (non-hydrogen) atoms. The lowest BCUT2D eigenvalue weighted by Crippen LogP contribution is -2.30. The fourth-order valence-corrected chi connectivity index (χ4v) is 4.65. The van der Waals surface area contributed by atoms with Gasteiger partial charge in [0, 0.05) is 35.6 Å². The molecule has 3 aromatic carbocycles. The molecule has 0 amide bonds. The summed E-state index contributed by atoms with van der Waals surface area (Å²) in [6.45, 7) is 2.64. The highest BCUT2D eigenvalue weighted by Crippen LogP contribution is 2.38. The molecule has 0 bridgehead atoms. The fraction of sp³-hybridized carbons (Fsp3) is 0.259. The number of fused-ring (bicyclic) bond motifs is 2. The topological polar surface area (TPSA) is 44.1 Å². The molecular weight excluding hydrogens is 438 g/mol. The van der Waals surface area contributed by atoms with E-state index in [9.17, 15) is 0 Å². The number of benzene rings is 3. The van der Waals surface area contributed by atoms with Crippen molar-refractivity contribution in [2.45, 2.75) is 19.5 Å². The Balaban J connectivity index is 1.46. The molecule has 6 heteroatoms. The second-order valence-electron chi connectivity index (χ2n) is 8.22. The van der Waals surface area contributed by atoms with Gasteiger partial charge < -0.3 is 18.6 Å². The van der Waals surface area contributed by atoms with Gasteiger partial charge in [0.25, 0.3) is 0 Å². The highest BCUT2D eigenvalue weighted by molar-refractivity contribution is 6.30. The molecule has 0 saturated carbocycles. The summed E-state index contributed by atoms with van der Waals surface area (Å²) in [6, 6.07) is 18.1. The maximum Gasteiger partial charge on any atom is 0.176 e. The van der Waals surface area contributed by atoms with Gasteiger partial charge in [0.15, 0.2) is 22.8 Å². The summed E-state index contributed by atoms with van der Waals surface area (Å²) in [6.07, 6.45) is 0.969. The molecule has 1 aliphatic rings. The first kappa shape index (κ1) is 21.7. The summed E-state index contributed by atoms with van der Waals surface area (Å²) in [7, 11) is 5.02. The Morgan fingerprint density at radius 3 is 2.24 bits per heavy atom. The number of hydrogen-bond acceptors (Lipinski definition) is 5. The van der Waals surface area contributed by atoms with Crippen LogP contribution in [0.5, 0.6) is 17.2 Å². The smallest absolute Gasteiger partial charge is 0.176 e. The zero-order chi connectivity index (χ0) is 22.9. The van der Waals surface area contributed by atoms with Gasteiger partial charge in [0.2, 0.25) is 0 Å². The van der Waals surface area contributed by atoms with Gasteiger partial charge in [-0.3, -0.25) is 4.90 Å². The molecule has 1 aliphatic heterocycles. The summed E-state index contributed by atoms with van der Waals surface area (Å²) in [5.41, 5.74) is 5.55. The van der Waals surface area contributed by atoms with E-state index < -0.39 is 0 Å². The van der Waals surface area contributed by atoms with Crippen LogP contribution in [0.3, 0.4) is 0 Å². The molecule has 2 heterocycles. The van der Waals surface area contributed by atoms with E-state index in [0.717, 1.165) is 65.6 Å². The monoisotopic (exact) mass is 463 g/mol. The first-order valence-corrected chi connectivity index (χ1v) is 11.3. The van der Waals surface area contributed by atoms with Crippen LogP contribution in [-0.4, -0.2) is 32.8 Å². The number of furan rings is 1. The van der Waals surface area contributed by atoms with E-state index in [2.05, 4.69) is 29.2 Å². The van der Waals surface area contributed by atoms with E-state index in [4.69, 9.17) is 30.2 Å². The van der Waals surface area contributed by atoms with E-state index in [1.807, 2.05) is 30.3 Å². The van der Waals surface area contributed by atoms with Crippen LogP contribution in [0.2, 0.25) is 5.02 Å². The Bertz CT molecular complexity index is 1300. The lowest BCUT2D eigenvalue weighted by molar-refractivity contribution is 0.245. The summed E-state index contributed by atoms with van der Waals surface area (Å²) in [5, 5.41) is 1.77. The Morgan fingerprint density at radius 1 is 0.848 bits per heavy atom. The number of rotatable bonds is 6. The lowest BCUT2D eigenvalue weighted by atomic mass is 9.98. The molecule has 0 spiro atoms. The zero-order valence-electron chi connectivity index (χ0n) is 19.0. The fourth-order valence-electron chi connectivity index (χ4n) is 4.53. The number of ether oxygens (including phenoxy) is 3. The molecule has 4 aromatic rings. The molecular formula is C27H26ClNO4. The zero-order valence-corrected chi connectivity index (χ0v) is 19.7. The van der Waals surface area contributed by atoms with Crippen LogP contribution in [0.25, 0.3) is 22.3 Å². The van der Waals surface area contributed by atoms with Crippen LogP contribution in [0.4, 0.5) is 0 Å². The van der Waals surface area contributed by atoms with Crippen molar-refractivity contribution in [2.24, 2.45) is 0 Å².